The first-order chi connectivity index (χ1) is 6.45. The Bertz CT molecular complexity index is 141. The Kier molecular flexibility index (Phi) is 7.12. The van der Waals surface area contributed by atoms with Crippen molar-refractivity contribution in [2.45, 2.75) is 28.3 Å². The summed E-state index contributed by atoms with van der Waals surface area (Å²) in [6.07, 6.45) is -5.62. The second-order valence-corrected chi connectivity index (χ2v) is 4.36. The number of rotatable bonds is 6. The molecule has 3 unspecified atom stereocenters. The predicted molar refractivity (Wildman–Crippen MR) is 56.0 cm³/mol. The number of aliphatic hydroxyl groups is 6. The van der Waals surface area contributed by atoms with Crippen molar-refractivity contribution in [3.63, 3.8) is 0 Å². The molecule has 6 N–H and O–H groups in total. The molecule has 5 atom stereocenters. The van der Waals surface area contributed by atoms with E-state index in [1.165, 1.54) is 0 Å². The highest BCUT2D eigenvalue weighted by Crippen LogP contribution is 2.16. The van der Waals surface area contributed by atoms with E-state index in [-0.39, 0.29) is 0 Å². The van der Waals surface area contributed by atoms with E-state index in [9.17, 15) is 10.2 Å². The van der Waals surface area contributed by atoms with Crippen molar-refractivity contribution in [3.8, 4) is 0 Å². The van der Waals surface area contributed by atoms with Crippen molar-refractivity contribution >= 4 is 22.6 Å². The summed E-state index contributed by atoms with van der Waals surface area (Å²) in [5.41, 5.74) is 0. The van der Waals surface area contributed by atoms with E-state index in [1.54, 1.807) is 22.6 Å². The number of aliphatic hydroxyl groups excluding tert-OH is 6. The molecular formula is C7H15IO6. The van der Waals surface area contributed by atoms with Gasteiger partial charge in [-0.3, -0.25) is 0 Å². The lowest BCUT2D eigenvalue weighted by Gasteiger charge is -2.27. The fourth-order valence-electron chi connectivity index (χ4n) is 0.852. The standard InChI is InChI=1S/C7H15IO6/c8-5(3(11)1-9)7(14)6(13)4(12)2-10/h3-7,9-14H,1-2H2/t3?,4-,5?,6?,7+/m0/s1. The zero-order valence-electron chi connectivity index (χ0n) is 7.36. The Labute approximate surface area is 95.0 Å². The smallest absolute Gasteiger partial charge is 0.109 e. The summed E-state index contributed by atoms with van der Waals surface area (Å²) in [7, 11) is 0. The van der Waals surface area contributed by atoms with E-state index in [1.807, 2.05) is 0 Å². The van der Waals surface area contributed by atoms with Crippen molar-refractivity contribution in [2.24, 2.45) is 0 Å². The zero-order chi connectivity index (χ0) is 11.3. The summed E-state index contributed by atoms with van der Waals surface area (Å²) < 4.78 is -0.825. The second-order valence-electron chi connectivity index (χ2n) is 2.93. The molecule has 86 valence electrons. The van der Waals surface area contributed by atoms with Crippen LogP contribution < -0.4 is 0 Å². The summed E-state index contributed by atoms with van der Waals surface area (Å²) in [6.45, 7) is -1.23. The van der Waals surface area contributed by atoms with Crippen molar-refractivity contribution in [3.05, 3.63) is 0 Å². The highest BCUT2D eigenvalue weighted by molar-refractivity contribution is 14.1. The molecule has 0 aliphatic carbocycles. The average molecular weight is 322 g/mol. The number of hydrogen-bond donors (Lipinski definition) is 6. The zero-order valence-corrected chi connectivity index (χ0v) is 9.52. The molecule has 0 aliphatic rings. The minimum absolute atomic E-state index is 0.549. The fourth-order valence-corrected chi connectivity index (χ4v) is 1.51. The topological polar surface area (TPSA) is 121 Å². The average Bonchev–Trinajstić information content (AvgIpc) is 2.23. The van der Waals surface area contributed by atoms with Crippen LogP contribution in [0.15, 0.2) is 0 Å². The molecule has 14 heavy (non-hydrogen) atoms. The van der Waals surface area contributed by atoms with Gasteiger partial charge >= 0.3 is 0 Å². The Balaban J connectivity index is 4.22. The van der Waals surface area contributed by atoms with E-state index in [4.69, 9.17) is 20.4 Å². The third kappa shape index (κ3) is 3.93. The van der Waals surface area contributed by atoms with Crippen LogP contribution in [0, 0.1) is 0 Å². The van der Waals surface area contributed by atoms with E-state index >= 15 is 0 Å². The van der Waals surface area contributed by atoms with Gasteiger partial charge in [0, 0.05) is 0 Å². The van der Waals surface area contributed by atoms with Crippen LogP contribution in [-0.4, -0.2) is 72.2 Å². The lowest BCUT2D eigenvalue weighted by Crippen LogP contribution is -2.48. The maximum absolute atomic E-state index is 9.39. The van der Waals surface area contributed by atoms with Gasteiger partial charge in [-0.2, -0.15) is 0 Å². The first-order valence-electron chi connectivity index (χ1n) is 4.03. The Morgan fingerprint density at radius 2 is 1.21 bits per heavy atom. The van der Waals surface area contributed by atoms with Crippen molar-refractivity contribution in [2.75, 3.05) is 13.2 Å². The van der Waals surface area contributed by atoms with Gasteiger partial charge in [0.15, 0.2) is 0 Å². The van der Waals surface area contributed by atoms with Crippen LogP contribution in [0.5, 0.6) is 0 Å². The summed E-state index contributed by atoms with van der Waals surface area (Å²) in [4.78, 5) is 0. The quantitative estimate of drug-likeness (QED) is 0.232. The van der Waals surface area contributed by atoms with Crippen LogP contribution in [-0.2, 0) is 0 Å². The molecule has 0 spiro atoms. The summed E-state index contributed by atoms with van der Waals surface area (Å²) in [5, 5.41) is 53.8. The molecule has 0 bridgehead atoms. The van der Waals surface area contributed by atoms with E-state index in [0.29, 0.717) is 0 Å². The van der Waals surface area contributed by atoms with Crippen LogP contribution in [0.25, 0.3) is 0 Å². The molecule has 0 aromatic heterocycles. The third-order valence-electron chi connectivity index (χ3n) is 1.81. The molecule has 0 fully saturated rings. The van der Waals surface area contributed by atoms with Gasteiger partial charge in [0.25, 0.3) is 0 Å². The number of halogens is 1. The molecule has 0 aromatic rings. The highest BCUT2D eigenvalue weighted by atomic mass is 127. The largest absolute Gasteiger partial charge is 0.394 e. The molecule has 6 nitrogen and oxygen atoms in total. The highest BCUT2D eigenvalue weighted by Gasteiger charge is 2.33. The third-order valence-corrected chi connectivity index (χ3v) is 3.38. The first kappa shape index (κ1) is 14.5. The number of hydrogen-bond acceptors (Lipinski definition) is 6. The summed E-state index contributed by atoms with van der Waals surface area (Å²) in [6, 6.07) is 0. The first-order valence-corrected chi connectivity index (χ1v) is 5.28. The molecule has 7 heteroatoms. The van der Waals surface area contributed by atoms with Gasteiger partial charge < -0.3 is 30.6 Å². The van der Waals surface area contributed by atoms with Gasteiger partial charge in [0.1, 0.15) is 12.2 Å². The SMILES string of the molecule is OCC(O)C(I)[C@@H](O)C(O)[C@@H](O)CO. The molecule has 0 heterocycles. The van der Waals surface area contributed by atoms with Gasteiger partial charge in [-0.15, -0.1) is 0 Å². The minimum atomic E-state index is -1.55. The molecule has 0 radical (unpaired) electrons. The maximum atomic E-state index is 9.39. The molecule has 0 amide bonds. The number of alkyl halides is 1. The van der Waals surface area contributed by atoms with E-state index in [2.05, 4.69) is 0 Å². The molecule has 0 aromatic carbocycles. The summed E-state index contributed by atoms with van der Waals surface area (Å²) in [5.74, 6) is 0. The normalized spacial score (nSPS) is 22.5. The van der Waals surface area contributed by atoms with Crippen molar-refractivity contribution in [1.29, 1.82) is 0 Å². The lowest BCUT2D eigenvalue weighted by atomic mass is 10.0. The van der Waals surface area contributed by atoms with Crippen molar-refractivity contribution < 1.29 is 30.6 Å². The Morgan fingerprint density at radius 1 is 0.786 bits per heavy atom. The van der Waals surface area contributed by atoms with Gasteiger partial charge in [-0.1, -0.05) is 22.6 Å². The van der Waals surface area contributed by atoms with Crippen LogP contribution in [0.3, 0.4) is 0 Å². The van der Waals surface area contributed by atoms with Gasteiger partial charge in [-0.25, -0.2) is 0 Å². The van der Waals surface area contributed by atoms with Crippen LogP contribution >= 0.6 is 22.6 Å². The van der Waals surface area contributed by atoms with E-state index in [0.717, 1.165) is 0 Å². The van der Waals surface area contributed by atoms with Gasteiger partial charge in [-0.05, 0) is 0 Å². The molecule has 0 saturated heterocycles. The molecular weight excluding hydrogens is 307 g/mol. The minimum Gasteiger partial charge on any atom is -0.394 e. The van der Waals surface area contributed by atoms with Gasteiger partial charge in [0.05, 0.1) is 29.3 Å². The fraction of sp³-hybridized carbons (Fsp3) is 1.00. The van der Waals surface area contributed by atoms with Crippen LogP contribution in [0.2, 0.25) is 0 Å². The summed E-state index contributed by atoms with van der Waals surface area (Å²) >= 11 is 1.65. The lowest BCUT2D eigenvalue weighted by molar-refractivity contribution is -0.0854. The Hall–Kier alpha value is 0.490. The predicted octanol–water partition coefficient (Wildman–Crippen LogP) is -2.78. The van der Waals surface area contributed by atoms with Gasteiger partial charge in [0.2, 0.25) is 0 Å². The van der Waals surface area contributed by atoms with Crippen molar-refractivity contribution in [1.82, 2.24) is 0 Å². The molecule has 0 saturated carbocycles. The molecule has 0 rings (SSSR count). The monoisotopic (exact) mass is 322 g/mol. The molecule has 0 aliphatic heterocycles. The van der Waals surface area contributed by atoms with Crippen LogP contribution in [0.4, 0.5) is 0 Å². The Morgan fingerprint density at radius 3 is 1.57 bits per heavy atom. The van der Waals surface area contributed by atoms with E-state index < -0.39 is 41.6 Å². The maximum Gasteiger partial charge on any atom is 0.109 e. The second kappa shape index (κ2) is 6.88. The van der Waals surface area contributed by atoms with Crippen LogP contribution in [0.1, 0.15) is 0 Å².